The Labute approximate surface area is 130 Å². The molecule has 0 fully saturated rings. The predicted molar refractivity (Wildman–Crippen MR) is 78.4 cm³/mol. The molecule has 0 saturated carbocycles. The summed E-state index contributed by atoms with van der Waals surface area (Å²) in [5.74, 6) is -0.882. The Balaban J connectivity index is 1.83. The van der Waals surface area contributed by atoms with E-state index in [9.17, 15) is 14.0 Å². The van der Waals surface area contributed by atoms with Gasteiger partial charge in [-0.3, -0.25) is 9.59 Å². The molecular formula is C15H12FN5O2. The van der Waals surface area contributed by atoms with Gasteiger partial charge in [-0.2, -0.15) is 14.6 Å². The molecule has 0 aliphatic heterocycles. The summed E-state index contributed by atoms with van der Waals surface area (Å²) in [5, 5.41) is 6.56. The minimum atomic E-state index is -0.456. The first kappa shape index (κ1) is 14.8. The van der Waals surface area contributed by atoms with Crippen LogP contribution in [0.5, 0.6) is 0 Å². The monoisotopic (exact) mass is 313 g/mol. The summed E-state index contributed by atoms with van der Waals surface area (Å²) in [7, 11) is 0. The minimum Gasteiger partial charge on any atom is -0.347 e. The van der Waals surface area contributed by atoms with Crippen LogP contribution >= 0.6 is 0 Å². The van der Waals surface area contributed by atoms with Crippen LogP contribution in [0.1, 0.15) is 33.5 Å². The fourth-order valence-electron chi connectivity index (χ4n) is 2.05. The quantitative estimate of drug-likeness (QED) is 0.735. The van der Waals surface area contributed by atoms with Crippen molar-refractivity contribution in [3.8, 4) is 0 Å². The SMILES string of the molecule is CC(=O)c1cc(C(=O)NCc2ccc(F)cc2)nc2ncnn12. The topological polar surface area (TPSA) is 89.2 Å². The largest absolute Gasteiger partial charge is 0.347 e. The molecule has 1 aromatic carbocycles. The molecule has 0 radical (unpaired) electrons. The maximum absolute atomic E-state index is 12.8. The molecule has 3 aromatic rings. The zero-order valence-corrected chi connectivity index (χ0v) is 12.2. The summed E-state index contributed by atoms with van der Waals surface area (Å²) < 4.78 is 14.1. The molecule has 0 saturated heterocycles. The molecular weight excluding hydrogens is 301 g/mol. The maximum Gasteiger partial charge on any atom is 0.270 e. The second-order valence-corrected chi connectivity index (χ2v) is 4.86. The zero-order valence-electron chi connectivity index (χ0n) is 12.2. The van der Waals surface area contributed by atoms with Gasteiger partial charge in [0.25, 0.3) is 11.7 Å². The Bertz CT molecular complexity index is 889. The summed E-state index contributed by atoms with van der Waals surface area (Å²) in [6.45, 7) is 1.59. The lowest BCUT2D eigenvalue weighted by molar-refractivity contribution is 0.0946. The molecule has 3 rings (SSSR count). The number of halogens is 1. The number of hydrogen-bond acceptors (Lipinski definition) is 5. The molecule has 116 valence electrons. The van der Waals surface area contributed by atoms with Crippen molar-refractivity contribution < 1.29 is 14.0 Å². The summed E-state index contributed by atoms with van der Waals surface area (Å²) >= 11 is 0. The van der Waals surface area contributed by atoms with Crippen molar-refractivity contribution >= 4 is 17.5 Å². The molecule has 2 aromatic heterocycles. The predicted octanol–water partition coefficient (Wildman–Crippen LogP) is 1.40. The second-order valence-electron chi connectivity index (χ2n) is 4.86. The van der Waals surface area contributed by atoms with Gasteiger partial charge in [0.05, 0.1) is 0 Å². The number of carbonyl (C=O) groups excluding carboxylic acids is 2. The number of Topliss-reactive ketones (excluding diaryl/α,β-unsaturated/α-hetero) is 1. The van der Waals surface area contributed by atoms with Gasteiger partial charge in [0.2, 0.25) is 0 Å². The number of amides is 1. The standard InChI is InChI=1S/C15H12FN5O2/c1-9(22)13-6-12(20-15-18-8-19-21(13)15)14(23)17-7-10-2-4-11(16)5-3-10/h2-6,8H,7H2,1H3,(H,17,23). The van der Waals surface area contributed by atoms with Crippen LogP contribution in [0.2, 0.25) is 0 Å². The van der Waals surface area contributed by atoms with E-state index in [1.807, 2.05) is 0 Å². The van der Waals surface area contributed by atoms with Crippen molar-refractivity contribution in [2.24, 2.45) is 0 Å². The van der Waals surface area contributed by atoms with E-state index in [4.69, 9.17) is 0 Å². The van der Waals surface area contributed by atoms with Crippen molar-refractivity contribution in [3.63, 3.8) is 0 Å². The van der Waals surface area contributed by atoms with Gasteiger partial charge in [0, 0.05) is 13.5 Å². The van der Waals surface area contributed by atoms with Crippen molar-refractivity contribution in [1.29, 1.82) is 0 Å². The van der Waals surface area contributed by atoms with E-state index in [0.29, 0.717) is 0 Å². The van der Waals surface area contributed by atoms with Gasteiger partial charge in [-0.25, -0.2) is 9.37 Å². The average molecular weight is 313 g/mol. The van der Waals surface area contributed by atoms with E-state index < -0.39 is 5.91 Å². The number of nitrogens with zero attached hydrogens (tertiary/aromatic N) is 4. The first-order chi connectivity index (χ1) is 11.0. The van der Waals surface area contributed by atoms with Crippen LogP contribution in [0.4, 0.5) is 4.39 Å². The third-order valence-corrected chi connectivity index (χ3v) is 3.21. The Morgan fingerprint density at radius 3 is 2.70 bits per heavy atom. The Kier molecular flexibility index (Phi) is 3.80. The van der Waals surface area contributed by atoms with Gasteiger partial charge in [-0.15, -0.1) is 0 Å². The number of hydrogen-bond donors (Lipinski definition) is 1. The van der Waals surface area contributed by atoms with Crippen LogP contribution in [-0.4, -0.2) is 31.3 Å². The fourth-order valence-corrected chi connectivity index (χ4v) is 2.05. The van der Waals surface area contributed by atoms with Crippen molar-refractivity contribution in [2.75, 3.05) is 0 Å². The number of rotatable bonds is 4. The van der Waals surface area contributed by atoms with E-state index in [2.05, 4.69) is 20.4 Å². The summed E-state index contributed by atoms with van der Waals surface area (Å²) in [6, 6.07) is 7.15. The van der Waals surface area contributed by atoms with Crippen LogP contribution in [0.25, 0.3) is 5.78 Å². The summed E-state index contributed by atoms with van der Waals surface area (Å²) in [5.41, 5.74) is 1.03. The van der Waals surface area contributed by atoms with E-state index >= 15 is 0 Å². The van der Waals surface area contributed by atoms with Crippen LogP contribution in [0.15, 0.2) is 36.7 Å². The van der Waals surface area contributed by atoms with Crippen LogP contribution < -0.4 is 5.32 Å². The molecule has 0 atom stereocenters. The van der Waals surface area contributed by atoms with Crippen molar-refractivity contribution in [1.82, 2.24) is 24.9 Å². The molecule has 0 spiro atoms. The lowest BCUT2D eigenvalue weighted by atomic mass is 10.2. The summed E-state index contributed by atoms with van der Waals surface area (Å²) in [6.07, 6.45) is 1.26. The van der Waals surface area contributed by atoms with Crippen LogP contribution in [-0.2, 0) is 6.54 Å². The Morgan fingerprint density at radius 2 is 2.00 bits per heavy atom. The van der Waals surface area contributed by atoms with E-state index in [1.54, 1.807) is 12.1 Å². The molecule has 1 N–H and O–H groups in total. The maximum atomic E-state index is 12.8. The lowest BCUT2D eigenvalue weighted by Gasteiger charge is -2.07. The number of ketones is 1. The van der Waals surface area contributed by atoms with Crippen molar-refractivity contribution in [2.45, 2.75) is 13.5 Å². The highest BCUT2D eigenvalue weighted by Gasteiger charge is 2.15. The van der Waals surface area contributed by atoms with Gasteiger partial charge in [-0.1, -0.05) is 12.1 Å². The molecule has 7 nitrogen and oxygen atoms in total. The molecule has 0 aliphatic rings. The number of aromatic nitrogens is 4. The highest BCUT2D eigenvalue weighted by molar-refractivity contribution is 5.98. The molecule has 0 aliphatic carbocycles. The fraction of sp³-hybridized carbons (Fsp3) is 0.133. The third-order valence-electron chi connectivity index (χ3n) is 3.21. The average Bonchev–Trinajstić information content (AvgIpc) is 3.01. The van der Waals surface area contributed by atoms with Crippen LogP contribution in [0, 0.1) is 5.82 Å². The first-order valence-corrected chi connectivity index (χ1v) is 6.79. The number of nitrogens with one attached hydrogen (secondary N) is 1. The lowest BCUT2D eigenvalue weighted by Crippen LogP contribution is -2.25. The number of carbonyl (C=O) groups is 2. The molecule has 8 heteroatoms. The van der Waals surface area contributed by atoms with E-state index in [-0.39, 0.29) is 35.3 Å². The number of benzene rings is 1. The highest BCUT2D eigenvalue weighted by atomic mass is 19.1. The molecule has 2 heterocycles. The molecule has 0 bridgehead atoms. The van der Waals surface area contributed by atoms with Crippen LogP contribution in [0.3, 0.4) is 0 Å². The summed E-state index contributed by atoms with van der Waals surface area (Å²) in [4.78, 5) is 31.8. The van der Waals surface area contributed by atoms with Crippen molar-refractivity contribution in [3.05, 3.63) is 59.4 Å². The smallest absolute Gasteiger partial charge is 0.270 e. The minimum absolute atomic E-state index is 0.0674. The second kappa shape index (κ2) is 5.91. The van der Waals surface area contributed by atoms with E-state index in [0.717, 1.165) is 5.56 Å². The van der Waals surface area contributed by atoms with Gasteiger partial charge in [-0.05, 0) is 23.8 Å². The first-order valence-electron chi connectivity index (χ1n) is 6.79. The van der Waals surface area contributed by atoms with Gasteiger partial charge in [0.1, 0.15) is 23.5 Å². The molecule has 1 amide bonds. The number of fused-ring (bicyclic) bond motifs is 1. The van der Waals surface area contributed by atoms with Gasteiger partial charge < -0.3 is 5.32 Å². The Morgan fingerprint density at radius 1 is 1.26 bits per heavy atom. The zero-order chi connectivity index (χ0) is 16.4. The third kappa shape index (κ3) is 3.05. The normalized spacial score (nSPS) is 10.7. The van der Waals surface area contributed by atoms with Gasteiger partial charge in [0.15, 0.2) is 5.78 Å². The highest BCUT2D eigenvalue weighted by Crippen LogP contribution is 2.07. The molecule has 23 heavy (non-hydrogen) atoms. The van der Waals surface area contributed by atoms with Gasteiger partial charge >= 0.3 is 0 Å². The molecule has 0 unspecified atom stereocenters. The van der Waals surface area contributed by atoms with E-state index in [1.165, 1.54) is 36.0 Å². The Hall–Kier alpha value is -3.16.